The van der Waals surface area contributed by atoms with Crippen molar-refractivity contribution in [2.24, 2.45) is 0 Å². The molecule has 104 valence electrons. The topological polar surface area (TPSA) is 47.6 Å². The highest BCUT2D eigenvalue weighted by Crippen LogP contribution is 2.35. The molecule has 0 amide bonds. The van der Waals surface area contributed by atoms with Gasteiger partial charge in [0.15, 0.2) is 0 Å². The van der Waals surface area contributed by atoms with E-state index in [0.29, 0.717) is 6.54 Å². The molecule has 1 heterocycles. The highest BCUT2D eigenvalue weighted by Gasteiger charge is 2.29. The van der Waals surface area contributed by atoms with Gasteiger partial charge in [0.05, 0.1) is 7.11 Å². The number of fused-ring (bicyclic) bond motifs is 1. The molecule has 0 saturated carbocycles. The smallest absolute Gasteiger partial charge is 0.322 e. The van der Waals surface area contributed by atoms with Crippen LogP contribution in [0.2, 0.25) is 0 Å². The van der Waals surface area contributed by atoms with Crippen LogP contribution in [0.4, 0.5) is 0 Å². The van der Waals surface area contributed by atoms with E-state index in [2.05, 4.69) is 30.0 Å². The second kappa shape index (κ2) is 5.21. The lowest BCUT2D eigenvalue weighted by Crippen LogP contribution is -2.34. The maximum absolute atomic E-state index is 11.3. The fourth-order valence-electron chi connectivity index (χ4n) is 2.30. The molecule has 1 aliphatic rings. The molecular weight excluding hydrogens is 242 g/mol. The van der Waals surface area contributed by atoms with Crippen LogP contribution in [-0.2, 0) is 22.5 Å². The number of rotatable bonds is 4. The van der Waals surface area contributed by atoms with Crippen molar-refractivity contribution in [3.05, 3.63) is 29.3 Å². The van der Waals surface area contributed by atoms with Gasteiger partial charge in [-0.05, 0) is 38.0 Å². The molecule has 0 saturated heterocycles. The van der Waals surface area contributed by atoms with Crippen LogP contribution < -0.4 is 10.1 Å². The Bertz CT molecular complexity index is 482. The molecular formula is C15H21NO3. The molecule has 1 aromatic rings. The van der Waals surface area contributed by atoms with Gasteiger partial charge in [-0.2, -0.15) is 0 Å². The average Bonchev–Trinajstić information content (AvgIpc) is 2.67. The lowest BCUT2D eigenvalue weighted by atomic mass is 10.0. The number of carbonyl (C=O) groups is 1. The number of ether oxygens (including phenoxy) is 2. The van der Waals surface area contributed by atoms with Crippen molar-refractivity contribution >= 4 is 5.97 Å². The van der Waals surface area contributed by atoms with Crippen LogP contribution in [0.25, 0.3) is 0 Å². The number of carbonyl (C=O) groups excluding carboxylic acids is 1. The van der Waals surface area contributed by atoms with E-state index in [0.717, 1.165) is 17.7 Å². The zero-order chi connectivity index (χ0) is 14.0. The fraction of sp³-hybridized carbons (Fsp3) is 0.533. The van der Waals surface area contributed by atoms with Gasteiger partial charge in [0.2, 0.25) is 0 Å². The molecule has 0 aromatic heterocycles. The maximum atomic E-state index is 11.3. The predicted molar refractivity (Wildman–Crippen MR) is 73.2 cm³/mol. The van der Waals surface area contributed by atoms with E-state index in [9.17, 15) is 4.79 Å². The number of hydrogen-bond acceptors (Lipinski definition) is 4. The molecule has 4 nitrogen and oxygen atoms in total. The molecule has 1 aromatic carbocycles. The molecule has 1 aliphatic heterocycles. The molecule has 1 atom stereocenters. The van der Waals surface area contributed by atoms with E-state index in [1.54, 1.807) is 6.92 Å². The number of benzene rings is 1. The third-order valence-corrected chi connectivity index (χ3v) is 3.29. The fourth-order valence-corrected chi connectivity index (χ4v) is 2.30. The average molecular weight is 263 g/mol. The standard InChI is InChI=1S/C15H21NO3/c1-10(14(17)18-4)16-9-11-5-6-13-12(7-11)8-15(2,3)19-13/h5-7,10,16H,8-9H2,1-4H3/t10-/m0/s1. The van der Waals surface area contributed by atoms with Gasteiger partial charge in [0, 0.05) is 13.0 Å². The maximum Gasteiger partial charge on any atom is 0.322 e. The molecule has 0 aliphatic carbocycles. The Kier molecular flexibility index (Phi) is 3.80. The largest absolute Gasteiger partial charge is 0.487 e. The molecule has 0 unspecified atom stereocenters. The first-order valence-electron chi connectivity index (χ1n) is 6.53. The summed E-state index contributed by atoms with van der Waals surface area (Å²) in [6.07, 6.45) is 0.919. The van der Waals surface area contributed by atoms with E-state index in [1.807, 2.05) is 12.1 Å². The van der Waals surface area contributed by atoms with Crippen LogP contribution in [0.1, 0.15) is 31.9 Å². The Balaban J connectivity index is 1.99. The number of hydrogen-bond donors (Lipinski definition) is 1. The number of nitrogens with one attached hydrogen (secondary N) is 1. The van der Waals surface area contributed by atoms with Gasteiger partial charge < -0.3 is 14.8 Å². The molecule has 0 spiro atoms. The molecule has 0 bridgehead atoms. The van der Waals surface area contributed by atoms with Crippen molar-refractivity contribution in [2.45, 2.75) is 45.4 Å². The van der Waals surface area contributed by atoms with Gasteiger partial charge in [-0.3, -0.25) is 4.79 Å². The highest BCUT2D eigenvalue weighted by atomic mass is 16.5. The van der Waals surface area contributed by atoms with Gasteiger partial charge in [-0.15, -0.1) is 0 Å². The lowest BCUT2D eigenvalue weighted by Gasteiger charge is -2.16. The third kappa shape index (κ3) is 3.26. The van der Waals surface area contributed by atoms with Crippen molar-refractivity contribution in [3.63, 3.8) is 0 Å². The van der Waals surface area contributed by atoms with Crippen LogP contribution >= 0.6 is 0 Å². The van der Waals surface area contributed by atoms with Crippen LogP contribution in [0.3, 0.4) is 0 Å². The minimum Gasteiger partial charge on any atom is -0.487 e. The molecule has 2 rings (SSSR count). The monoisotopic (exact) mass is 263 g/mol. The second-order valence-electron chi connectivity index (χ2n) is 5.61. The molecule has 0 fully saturated rings. The Labute approximate surface area is 114 Å². The Morgan fingerprint density at radius 3 is 2.95 bits per heavy atom. The van der Waals surface area contributed by atoms with Gasteiger partial charge in [-0.25, -0.2) is 0 Å². The van der Waals surface area contributed by atoms with Crippen molar-refractivity contribution in [1.82, 2.24) is 5.32 Å². The number of esters is 1. The van der Waals surface area contributed by atoms with Crippen molar-refractivity contribution in [1.29, 1.82) is 0 Å². The molecule has 4 heteroatoms. The molecule has 0 radical (unpaired) electrons. The SMILES string of the molecule is COC(=O)[C@H](C)NCc1ccc2c(c1)CC(C)(C)O2. The molecule has 1 N–H and O–H groups in total. The number of methoxy groups -OCH3 is 1. The van der Waals surface area contributed by atoms with E-state index in [4.69, 9.17) is 4.74 Å². The summed E-state index contributed by atoms with van der Waals surface area (Å²) in [6.45, 7) is 6.61. The minimum atomic E-state index is -0.300. The third-order valence-electron chi connectivity index (χ3n) is 3.29. The summed E-state index contributed by atoms with van der Waals surface area (Å²) in [5, 5.41) is 3.15. The Morgan fingerprint density at radius 1 is 1.53 bits per heavy atom. The Hall–Kier alpha value is -1.55. The van der Waals surface area contributed by atoms with Gasteiger partial charge in [-0.1, -0.05) is 12.1 Å². The quantitative estimate of drug-likeness (QED) is 0.845. The summed E-state index contributed by atoms with van der Waals surface area (Å²) in [4.78, 5) is 11.3. The summed E-state index contributed by atoms with van der Waals surface area (Å²) in [5.74, 6) is 0.723. The van der Waals surface area contributed by atoms with E-state index in [1.165, 1.54) is 12.7 Å². The van der Waals surface area contributed by atoms with Crippen molar-refractivity contribution < 1.29 is 14.3 Å². The van der Waals surface area contributed by atoms with E-state index >= 15 is 0 Å². The van der Waals surface area contributed by atoms with Crippen LogP contribution in [0.5, 0.6) is 5.75 Å². The van der Waals surface area contributed by atoms with Gasteiger partial charge >= 0.3 is 5.97 Å². The first kappa shape index (κ1) is 13.9. The first-order valence-corrected chi connectivity index (χ1v) is 6.53. The minimum absolute atomic E-state index is 0.117. The van der Waals surface area contributed by atoms with E-state index in [-0.39, 0.29) is 17.6 Å². The summed E-state index contributed by atoms with van der Waals surface area (Å²) in [5.41, 5.74) is 2.26. The zero-order valence-electron chi connectivity index (χ0n) is 11.9. The molecule has 19 heavy (non-hydrogen) atoms. The van der Waals surface area contributed by atoms with Gasteiger partial charge in [0.1, 0.15) is 17.4 Å². The second-order valence-corrected chi connectivity index (χ2v) is 5.61. The van der Waals surface area contributed by atoms with Crippen LogP contribution in [-0.4, -0.2) is 24.7 Å². The van der Waals surface area contributed by atoms with Crippen molar-refractivity contribution in [3.8, 4) is 5.75 Å². The Morgan fingerprint density at radius 2 is 2.26 bits per heavy atom. The lowest BCUT2D eigenvalue weighted by molar-refractivity contribution is -0.142. The highest BCUT2D eigenvalue weighted by molar-refractivity contribution is 5.75. The zero-order valence-corrected chi connectivity index (χ0v) is 11.9. The predicted octanol–water partition coefficient (Wildman–Crippen LogP) is 2.05. The van der Waals surface area contributed by atoms with Gasteiger partial charge in [0.25, 0.3) is 0 Å². The van der Waals surface area contributed by atoms with Crippen LogP contribution in [0.15, 0.2) is 18.2 Å². The summed E-state index contributed by atoms with van der Waals surface area (Å²) < 4.78 is 10.5. The van der Waals surface area contributed by atoms with Crippen molar-refractivity contribution in [2.75, 3.05) is 7.11 Å². The summed E-state index contributed by atoms with van der Waals surface area (Å²) in [6, 6.07) is 5.87. The normalized spacial score (nSPS) is 17.5. The van der Waals surface area contributed by atoms with E-state index < -0.39 is 0 Å². The summed E-state index contributed by atoms with van der Waals surface area (Å²) >= 11 is 0. The van der Waals surface area contributed by atoms with Crippen LogP contribution in [0, 0.1) is 0 Å². The summed E-state index contributed by atoms with van der Waals surface area (Å²) in [7, 11) is 1.40. The first-order chi connectivity index (χ1) is 8.91.